The number of nitrogens with zero attached hydrogens (tertiary/aromatic N) is 9. The van der Waals surface area contributed by atoms with E-state index in [0.717, 1.165) is 41.1 Å². The predicted octanol–water partition coefficient (Wildman–Crippen LogP) is 2.72. The minimum absolute atomic E-state index is 0.0678. The molecule has 0 unspecified atom stereocenters. The summed E-state index contributed by atoms with van der Waals surface area (Å²) in [5.41, 5.74) is 4.10. The molecule has 1 aliphatic heterocycles. The molecule has 0 bridgehead atoms. The maximum absolute atomic E-state index is 9.48. The summed E-state index contributed by atoms with van der Waals surface area (Å²) < 4.78 is 5.54. The number of hydrogen-bond acceptors (Lipinski definition) is 6. The van der Waals surface area contributed by atoms with E-state index in [1.54, 1.807) is 17.1 Å². The summed E-state index contributed by atoms with van der Waals surface area (Å²) in [4.78, 5) is 7.30. The Morgan fingerprint density at radius 1 is 1.06 bits per heavy atom. The second-order valence-electron chi connectivity index (χ2n) is 9.30. The van der Waals surface area contributed by atoms with E-state index in [1.807, 2.05) is 47.1 Å². The lowest BCUT2D eigenvalue weighted by molar-refractivity contribution is -0.0530. The van der Waals surface area contributed by atoms with E-state index in [4.69, 9.17) is 4.98 Å². The number of hydrogen-bond donors (Lipinski definition) is 0. The van der Waals surface area contributed by atoms with E-state index in [1.165, 1.54) is 0 Å². The molecule has 0 atom stereocenters. The van der Waals surface area contributed by atoms with Gasteiger partial charge in [0.2, 0.25) is 0 Å². The van der Waals surface area contributed by atoms with Crippen LogP contribution in [0.2, 0.25) is 0 Å². The number of fused-ring (bicyclic) bond motifs is 1. The van der Waals surface area contributed by atoms with Crippen LogP contribution in [0.3, 0.4) is 0 Å². The highest BCUT2D eigenvalue weighted by Gasteiger charge is 2.48. The highest BCUT2D eigenvalue weighted by atomic mass is 15.4. The Hall–Kier alpha value is -3.51. The number of aromatic nitrogens is 7. The minimum Gasteiger partial charge on any atom is -0.293 e. The summed E-state index contributed by atoms with van der Waals surface area (Å²) in [6.07, 6.45) is 11.7. The first-order valence-electron chi connectivity index (χ1n) is 10.3. The lowest BCUT2D eigenvalue weighted by Gasteiger charge is -2.54. The van der Waals surface area contributed by atoms with Crippen molar-refractivity contribution in [2.45, 2.75) is 38.3 Å². The summed E-state index contributed by atoms with van der Waals surface area (Å²) in [6, 6.07) is 4.31. The van der Waals surface area contributed by atoms with Gasteiger partial charge in [0, 0.05) is 49.2 Å². The summed E-state index contributed by atoms with van der Waals surface area (Å²) in [5, 5.41) is 22.8. The normalized spacial score (nSPS) is 16.4. The lowest BCUT2D eigenvalue weighted by atomic mass is 9.83. The van der Waals surface area contributed by atoms with Crippen LogP contribution in [0.5, 0.6) is 0 Å². The topological polar surface area (TPSA) is 92.9 Å². The third-order valence-electron chi connectivity index (χ3n) is 6.06. The molecular weight excluding hydrogens is 390 g/mol. The fourth-order valence-electron chi connectivity index (χ4n) is 4.16. The fourth-order valence-corrected chi connectivity index (χ4v) is 4.16. The van der Waals surface area contributed by atoms with Crippen LogP contribution < -0.4 is 0 Å². The zero-order valence-corrected chi connectivity index (χ0v) is 18.2. The Labute approximate surface area is 180 Å². The fraction of sp³-hybridized carbons (Fsp3) is 0.409. The van der Waals surface area contributed by atoms with Gasteiger partial charge in [-0.25, -0.2) is 9.50 Å². The second kappa shape index (κ2) is 6.75. The molecule has 0 saturated carbocycles. The molecule has 31 heavy (non-hydrogen) atoms. The molecular formula is C22H25N9. The third kappa shape index (κ3) is 3.20. The van der Waals surface area contributed by atoms with Crippen molar-refractivity contribution in [3.63, 3.8) is 0 Å². The van der Waals surface area contributed by atoms with Crippen molar-refractivity contribution < 1.29 is 0 Å². The van der Waals surface area contributed by atoms with E-state index in [0.29, 0.717) is 6.42 Å². The number of rotatable bonds is 4. The van der Waals surface area contributed by atoms with Gasteiger partial charge >= 0.3 is 0 Å². The van der Waals surface area contributed by atoms with Gasteiger partial charge < -0.3 is 0 Å². The molecule has 0 spiro atoms. The highest BCUT2D eigenvalue weighted by molar-refractivity contribution is 5.78. The van der Waals surface area contributed by atoms with E-state index < -0.39 is 0 Å². The first-order valence-corrected chi connectivity index (χ1v) is 10.3. The molecule has 0 N–H and O–H groups in total. The molecule has 0 radical (unpaired) electrons. The Kier molecular flexibility index (Phi) is 4.24. The number of likely N-dealkylation sites (tertiary alicyclic amines) is 1. The molecule has 9 heteroatoms. The van der Waals surface area contributed by atoms with Gasteiger partial charge in [-0.15, -0.1) is 0 Å². The summed E-state index contributed by atoms with van der Waals surface area (Å²) in [6.45, 7) is 8.19. The second-order valence-corrected chi connectivity index (χ2v) is 9.30. The molecule has 9 nitrogen and oxygen atoms in total. The van der Waals surface area contributed by atoms with Crippen molar-refractivity contribution in [3.05, 3.63) is 43.2 Å². The monoisotopic (exact) mass is 415 g/mol. The van der Waals surface area contributed by atoms with Crippen LogP contribution in [0.25, 0.3) is 28.0 Å². The van der Waals surface area contributed by atoms with Gasteiger partial charge in [-0.05, 0) is 26.8 Å². The molecule has 158 valence electrons. The van der Waals surface area contributed by atoms with Crippen molar-refractivity contribution in [1.29, 1.82) is 5.26 Å². The Morgan fingerprint density at radius 3 is 2.52 bits per heavy atom. The molecule has 0 amide bonds. The smallest absolute Gasteiger partial charge is 0.101 e. The maximum atomic E-state index is 9.48. The molecule has 0 aliphatic carbocycles. The van der Waals surface area contributed by atoms with Gasteiger partial charge in [-0.1, -0.05) is 0 Å². The van der Waals surface area contributed by atoms with Gasteiger partial charge in [-0.2, -0.15) is 20.6 Å². The third-order valence-corrected chi connectivity index (χ3v) is 6.06. The average molecular weight is 416 g/mol. The van der Waals surface area contributed by atoms with Crippen LogP contribution in [-0.4, -0.2) is 57.7 Å². The van der Waals surface area contributed by atoms with Crippen LogP contribution in [0.15, 0.2) is 43.2 Å². The zero-order chi connectivity index (χ0) is 21.8. The van der Waals surface area contributed by atoms with Crippen LogP contribution in [0.1, 0.15) is 27.2 Å². The Morgan fingerprint density at radius 2 is 1.84 bits per heavy atom. The molecule has 1 aliphatic rings. The summed E-state index contributed by atoms with van der Waals surface area (Å²) in [7, 11) is 1.88. The lowest BCUT2D eigenvalue weighted by Crippen LogP contribution is -2.67. The average Bonchev–Trinajstić information content (AvgIpc) is 3.42. The van der Waals surface area contributed by atoms with Gasteiger partial charge in [0.1, 0.15) is 5.54 Å². The van der Waals surface area contributed by atoms with Gasteiger partial charge in [0.15, 0.2) is 0 Å². The Balaban J connectivity index is 1.55. The minimum atomic E-state index is -0.308. The molecule has 1 saturated heterocycles. The number of nitriles is 1. The predicted molar refractivity (Wildman–Crippen MR) is 116 cm³/mol. The number of aryl methyl sites for hydroxylation is 1. The van der Waals surface area contributed by atoms with Gasteiger partial charge in [-0.3, -0.25) is 14.3 Å². The van der Waals surface area contributed by atoms with Crippen LogP contribution in [-0.2, 0) is 12.6 Å². The van der Waals surface area contributed by atoms with Crippen LogP contribution in [0, 0.1) is 11.3 Å². The summed E-state index contributed by atoms with van der Waals surface area (Å²) >= 11 is 0. The molecule has 1 fully saturated rings. The maximum Gasteiger partial charge on any atom is 0.101 e. The SMILES string of the molecule is Cn1cc(-c2cn3nccc3c(-c3cnn(C4(CC#N)CN(C(C)(C)C)C4)c3)n2)cn1. The van der Waals surface area contributed by atoms with E-state index in [9.17, 15) is 5.26 Å². The van der Waals surface area contributed by atoms with Crippen molar-refractivity contribution in [2.75, 3.05) is 13.1 Å². The van der Waals surface area contributed by atoms with Gasteiger partial charge in [0.25, 0.3) is 0 Å². The van der Waals surface area contributed by atoms with Crippen molar-refractivity contribution in [1.82, 2.24) is 39.1 Å². The summed E-state index contributed by atoms with van der Waals surface area (Å²) in [5.74, 6) is 0. The largest absolute Gasteiger partial charge is 0.293 e. The quantitative estimate of drug-likeness (QED) is 0.509. The van der Waals surface area contributed by atoms with Gasteiger partial charge in [0.05, 0.1) is 54.2 Å². The van der Waals surface area contributed by atoms with Crippen molar-refractivity contribution in [3.8, 4) is 28.6 Å². The first kappa shape index (κ1) is 19.5. The Bertz CT molecular complexity index is 1290. The van der Waals surface area contributed by atoms with Crippen molar-refractivity contribution >= 4 is 5.52 Å². The zero-order valence-electron chi connectivity index (χ0n) is 18.2. The van der Waals surface area contributed by atoms with E-state index in [-0.39, 0.29) is 11.1 Å². The van der Waals surface area contributed by atoms with E-state index in [2.05, 4.69) is 47.0 Å². The van der Waals surface area contributed by atoms with Crippen molar-refractivity contribution in [2.24, 2.45) is 7.05 Å². The standard InChI is InChI=1S/C22H25N9/c1-21(2,3)29-14-22(15-29,6-7-23)31-12-17(10-26-31)20-19-5-8-24-30(19)13-18(27-20)16-9-25-28(4)11-16/h5,8-13H,6,14-15H2,1-4H3. The first-order chi connectivity index (χ1) is 14.8. The van der Waals surface area contributed by atoms with Crippen LogP contribution in [0.4, 0.5) is 0 Å². The molecule has 4 aromatic rings. The van der Waals surface area contributed by atoms with Crippen LogP contribution >= 0.6 is 0 Å². The van der Waals surface area contributed by atoms with E-state index >= 15 is 0 Å². The molecule has 5 heterocycles. The molecule has 5 rings (SSSR count). The molecule has 4 aromatic heterocycles. The molecule has 0 aromatic carbocycles. The highest BCUT2D eigenvalue weighted by Crippen LogP contribution is 2.37.